The molecular weight excluding hydrogens is 256 g/mol. The predicted octanol–water partition coefficient (Wildman–Crippen LogP) is 1.43. The number of benzene rings is 1. The van der Waals surface area contributed by atoms with Crippen LogP contribution in [-0.2, 0) is 4.79 Å². The maximum atomic E-state index is 10.9. The number of amides is 1. The van der Waals surface area contributed by atoms with Gasteiger partial charge >= 0.3 is 0 Å². The van der Waals surface area contributed by atoms with Crippen molar-refractivity contribution in [2.45, 2.75) is 45.4 Å². The molecule has 1 amide bonds. The number of anilines is 1. The standard InChI is InChI=1S/C15H24N2O3/c1-4-14(16-9-10(2)18)15(20)12-5-7-13(8-6-12)17-11(3)19/h5-8,10,14-16,18,20H,4,9H2,1-3H3,(H,17,19). The lowest BCUT2D eigenvalue weighted by Gasteiger charge is -2.24. The Morgan fingerprint density at radius 1 is 1.25 bits per heavy atom. The molecule has 0 radical (unpaired) electrons. The molecule has 112 valence electrons. The fourth-order valence-electron chi connectivity index (χ4n) is 2.00. The van der Waals surface area contributed by atoms with E-state index in [1.165, 1.54) is 6.92 Å². The monoisotopic (exact) mass is 280 g/mol. The molecule has 1 rings (SSSR count). The molecule has 0 heterocycles. The Kier molecular flexibility index (Phi) is 6.64. The SMILES string of the molecule is CCC(NCC(C)O)C(O)c1ccc(NC(C)=O)cc1. The van der Waals surface area contributed by atoms with Crippen molar-refractivity contribution in [3.05, 3.63) is 29.8 Å². The van der Waals surface area contributed by atoms with Crippen molar-refractivity contribution >= 4 is 11.6 Å². The molecule has 20 heavy (non-hydrogen) atoms. The minimum Gasteiger partial charge on any atom is -0.392 e. The molecule has 1 aromatic carbocycles. The minimum atomic E-state index is -0.648. The smallest absolute Gasteiger partial charge is 0.221 e. The summed E-state index contributed by atoms with van der Waals surface area (Å²) in [6, 6.07) is 7.00. The summed E-state index contributed by atoms with van der Waals surface area (Å²) in [7, 11) is 0. The van der Waals surface area contributed by atoms with Crippen LogP contribution in [0.4, 0.5) is 5.69 Å². The zero-order valence-electron chi connectivity index (χ0n) is 12.3. The first-order chi connectivity index (χ1) is 9.43. The van der Waals surface area contributed by atoms with Crippen molar-refractivity contribution in [2.75, 3.05) is 11.9 Å². The summed E-state index contributed by atoms with van der Waals surface area (Å²) in [6.07, 6.45) is -0.343. The van der Waals surface area contributed by atoms with Gasteiger partial charge < -0.3 is 20.8 Å². The molecule has 0 aliphatic heterocycles. The van der Waals surface area contributed by atoms with Gasteiger partial charge in [-0.3, -0.25) is 4.79 Å². The van der Waals surface area contributed by atoms with Gasteiger partial charge in [0, 0.05) is 25.2 Å². The van der Waals surface area contributed by atoms with Gasteiger partial charge in [-0.25, -0.2) is 0 Å². The van der Waals surface area contributed by atoms with E-state index in [4.69, 9.17) is 0 Å². The Bertz CT molecular complexity index is 418. The molecule has 0 fully saturated rings. The minimum absolute atomic E-state index is 0.115. The van der Waals surface area contributed by atoms with Crippen molar-refractivity contribution in [3.8, 4) is 0 Å². The summed E-state index contributed by atoms with van der Waals surface area (Å²) in [5.74, 6) is -0.122. The first-order valence-electron chi connectivity index (χ1n) is 6.91. The van der Waals surface area contributed by atoms with Gasteiger partial charge in [-0.05, 0) is 31.0 Å². The highest BCUT2D eigenvalue weighted by atomic mass is 16.3. The van der Waals surface area contributed by atoms with E-state index in [9.17, 15) is 15.0 Å². The number of rotatable bonds is 7. The van der Waals surface area contributed by atoms with Crippen LogP contribution in [0.3, 0.4) is 0 Å². The molecule has 0 saturated heterocycles. The maximum Gasteiger partial charge on any atom is 0.221 e. The fraction of sp³-hybridized carbons (Fsp3) is 0.533. The molecule has 0 bridgehead atoms. The van der Waals surface area contributed by atoms with Crippen molar-refractivity contribution in [3.63, 3.8) is 0 Å². The highest BCUT2D eigenvalue weighted by Crippen LogP contribution is 2.21. The number of aliphatic hydroxyl groups is 2. The lowest BCUT2D eigenvalue weighted by molar-refractivity contribution is -0.114. The zero-order valence-corrected chi connectivity index (χ0v) is 12.3. The summed E-state index contributed by atoms with van der Waals surface area (Å²) in [5.41, 5.74) is 1.49. The molecule has 0 aromatic heterocycles. The Hall–Kier alpha value is -1.43. The van der Waals surface area contributed by atoms with E-state index in [1.807, 2.05) is 6.92 Å². The van der Waals surface area contributed by atoms with Crippen LogP contribution in [0, 0.1) is 0 Å². The van der Waals surface area contributed by atoms with Gasteiger partial charge in [0.25, 0.3) is 0 Å². The third-order valence-corrected chi connectivity index (χ3v) is 3.07. The highest BCUT2D eigenvalue weighted by molar-refractivity contribution is 5.88. The topological polar surface area (TPSA) is 81.6 Å². The third kappa shape index (κ3) is 5.28. The number of aliphatic hydroxyl groups excluding tert-OH is 2. The second-order valence-electron chi connectivity index (χ2n) is 5.02. The van der Waals surface area contributed by atoms with Crippen LogP contribution in [0.15, 0.2) is 24.3 Å². The van der Waals surface area contributed by atoms with Crippen LogP contribution in [0.1, 0.15) is 38.9 Å². The lowest BCUT2D eigenvalue weighted by Crippen LogP contribution is -2.38. The summed E-state index contributed by atoms with van der Waals surface area (Å²) in [6.45, 7) is 5.58. The first-order valence-corrected chi connectivity index (χ1v) is 6.91. The van der Waals surface area contributed by atoms with Crippen molar-refractivity contribution in [1.82, 2.24) is 5.32 Å². The van der Waals surface area contributed by atoms with Crippen molar-refractivity contribution < 1.29 is 15.0 Å². The van der Waals surface area contributed by atoms with Gasteiger partial charge in [0.1, 0.15) is 0 Å². The Balaban J connectivity index is 2.69. The van der Waals surface area contributed by atoms with Gasteiger partial charge in [0.05, 0.1) is 12.2 Å². The van der Waals surface area contributed by atoms with Crippen LogP contribution in [0.5, 0.6) is 0 Å². The van der Waals surface area contributed by atoms with E-state index in [0.717, 1.165) is 12.0 Å². The van der Waals surface area contributed by atoms with Crippen molar-refractivity contribution in [1.29, 1.82) is 0 Å². The molecule has 3 unspecified atom stereocenters. The normalized spacial score (nSPS) is 15.4. The van der Waals surface area contributed by atoms with Crippen LogP contribution < -0.4 is 10.6 Å². The maximum absolute atomic E-state index is 10.9. The highest BCUT2D eigenvalue weighted by Gasteiger charge is 2.19. The van der Waals surface area contributed by atoms with E-state index >= 15 is 0 Å². The molecule has 5 heteroatoms. The molecule has 1 aromatic rings. The largest absolute Gasteiger partial charge is 0.392 e. The third-order valence-electron chi connectivity index (χ3n) is 3.07. The number of nitrogens with one attached hydrogen (secondary N) is 2. The van der Waals surface area contributed by atoms with E-state index in [0.29, 0.717) is 12.2 Å². The molecule has 0 spiro atoms. The van der Waals surface area contributed by atoms with Gasteiger partial charge in [-0.15, -0.1) is 0 Å². The quantitative estimate of drug-likeness (QED) is 0.609. The van der Waals surface area contributed by atoms with Crippen molar-refractivity contribution in [2.24, 2.45) is 0 Å². The van der Waals surface area contributed by atoms with Crippen LogP contribution in [-0.4, -0.2) is 34.8 Å². The van der Waals surface area contributed by atoms with E-state index in [1.54, 1.807) is 31.2 Å². The fourth-order valence-corrected chi connectivity index (χ4v) is 2.00. The molecular formula is C15H24N2O3. The number of hydrogen-bond donors (Lipinski definition) is 4. The molecule has 0 aliphatic rings. The van der Waals surface area contributed by atoms with Crippen LogP contribution >= 0.6 is 0 Å². The molecule has 0 saturated carbocycles. The predicted molar refractivity (Wildman–Crippen MR) is 79.5 cm³/mol. The second kappa shape index (κ2) is 7.99. The van der Waals surface area contributed by atoms with Crippen LogP contribution in [0.2, 0.25) is 0 Å². The Morgan fingerprint density at radius 3 is 2.30 bits per heavy atom. The summed E-state index contributed by atoms with van der Waals surface area (Å²) >= 11 is 0. The number of hydrogen-bond acceptors (Lipinski definition) is 4. The summed E-state index contributed by atoms with van der Waals surface area (Å²) < 4.78 is 0. The lowest BCUT2D eigenvalue weighted by atomic mass is 10.00. The summed E-state index contributed by atoms with van der Waals surface area (Å²) in [5, 5.41) is 25.4. The zero-order chi connectivity index (χ0) is 15.1. The van der Waals surface area contributed by atoms with E-state index in [2.05, 4.69) is 10.6 Å². The van der Waals surface area contributed by atoms with E-state index in [-0.39, 0.29) is 11.9 Å². The first kappa shape index (κ1) is 16.6. The van der Waals surface area contributed by atoms with Gasteiger partial charge in [0.2, 0.25) is 5.91 Å². The molecule has 5 nitrogen and oxygen atoms in total. The molecule has 0 aliphatic carbocycles. The molecule has 4 N–H and O–H groups in total. The second-order valence-corrected chi connectivity index (χ2v) is 5.02. The summed E-state index contributed by atoms with van der Waals surface area (Å²) in [4.78, 5) is 10.9. The average Bonchev–Trinajstić information content (AvgIpc) is 2.39. The van der Waals surface area contributed by atoms with Crippen LogP contribution in [0.25, 0.3) is 0 Å². The number of carbonyl (C=O) groups is 1. The van der Waals surface area contributed by atoms with E-state index < -0.39 is 12.2 Å². The van der Waals surface area contributed by atoms with Gasteiger partial charge in [-0.2, -0.15) is 0 Å². The average molecular weight is 280 g/mol. The van der Waals surface area contributed by atoms with Gasteiger partial charge in [-0.1, -0.05) is 19.1 Å². The Labute approximate surface area is 120 Å². The number of carbonyl (C=O) groups excluding carboxylic acids is 1. The Morgan fingerprint density at radius 2 is 1.85 bits per heavy atom. The van der Waals surface area contributed by atoms with Gasteiger partial charge in [0.15, 0.2) is 0 Å². The molecule has 3 atom stereocenters.